The molecular weight excluding hydrogens is 340 g/mol. The van der Waals surface area contributed by atoms with Crippen LogP contribution in [0.3, 0.4) is 0 Å². The van der Waals surface area contributed by atoms with Crippen LogP contribution in [0.25, 0.3) is 10.9 Å². The highest BCUT2D eigenvalue weighted by atomic mass is 16.2. The number of nitrogens with zero attached hydrogens (tertiary/aromatic N) is 5. The van der Waals surface area contributed by atoms with Crippen molar-refractivity contribution in [3.63, 3.8) is 0 Å². The van der Waals surface area contributed by atoms with E-state index in [1.54, 1.807) is 6.20 Å². The second kappa shape index (κ2) is 7.82. The molecule has 0 spiro atoms. The smallest absolute Gasteiger partial charge is 0.317 e. The molecule has 0 aliphatic carbocycles. The SMILES string of the molecule is CCn1nc(CNC(=O)N2CCC[C@H](Cn3ccnc3)C2)c2ccccc21. The van der Waals surface area contributed by atoms with Crippen molar-refractivity contribution < 1.29 is 4.79 Å². The lowest BCUT2D eigenvalue weighted by atomic mass is 9.98. The van der Waals surface area contributed by atoms with Gasteiger partial charge in [-0.3, -0.25) is 4.68 Å². The van der Waals surface area contributed by atoms with Crippen molar-refractivity contribution in [1.29, 1.82) is 0 Å². The van der Waals surface area contributed by atoms with Crippen molar-refractivity contribution in [2.75, 3.05) is 13.1 Å². The first-order valence-corrected chi connectivity index (χ1v) is 9.67. The van der Waals surface area contributed by atoms with Gasteiger partial charge >= 0.3 is 6.03 Å². The molecule has 1 aromatic carbocycles. The molecule has 1 saturated heterocycles. The van der Waals surface area contributed by atoms with Crippen molar-refractivity contribution in [2.45, 2.75) is 39.4 Å². The predicted octanol–water partition coefficient (Wildman–Crippen LogP) is 2.87. The summed E-state index contributed by atoms with van der Waals surface area (Å²) in [6.45, 7) is 5.86. The Bertz CT molecular complexity index is 900. The molecule has 1 N–H and O–H groups in total. The van der Waals surface area contributed by atoms with E-state index in [0.717, 1.165) is 55.6 Å². The number of urea groups is 1. The molecule has 0 unspecified atom stereocenters. The van der Waals surface area contributed by atoms with E-state index in [9.17, 15) is 4.79 Å². The summed E-state index contributed by atoms with van der Waals surface area (Å²) in [5, 5.41) is 8.84. The highest BCUT2D eigenvalue weighted by Crippen LogP contribution is 2.20. The number of likely N-dealkylation sites (tertiary alicyclic amines) is 1. The Morgan fingerprint density at radius 1 is 1.33 bits per heavy atom. The summed E-state index contributed by atoms with van der Waals surface area (Å²) < 4.78 is 4.08. The lowest BCUT2D eigenvalue weighted by molar-refractivity contribution is 0.159. The van der Waals surface area contributed by atoms with Crippen LogP contribution in [0.4, 0.5) is 4.79 Å². The van der Waals surface area contributed by atoms with E-state index in [-0.39, 0.29) is 6.03 Å². The number of amides is 2. The third kappa shape index (κ3) is 3.82. The van der Waals surface area contributed by atoms with Gasteiger partial charge in [-0.2, -0.15) is 5.10 Å². The van der Waals surface area contributed by atoms with Crippen LogP contribution in [-0.4, -0.2) is 43.4 Å². The zero-order valence-corrected chi connectivity index (χ0v) is 15.7. The topological polar surface area (TPSA) is 68.0 Å². The van der Waals surface area contributed by atoms with Crippen LogP contribution < -0.4 is 5.32 Å². The Kier molecular flexibility index (Phi) is 5.09. The van der Waals surface area contributed by atoms with Gasteiger partial charge in [-0.25, -0.2) is 9.78 Å². The van der Waals surface area contributed by atoms with Crippen molar-refractivity contribution in [2.24, 2.45) is 5.92 Å². The number of piperidine rings is 1. The van der Waals surface area contributed by atoms with Crippen LogP contribution in [0.2, 0.25) is 0 Å². The third-order valence-corrected chi connectivity index (χ3v) is 5.28. The van der Waals surface area contributed by atoms with E-state index in [0.29, 0.717) is 12.5 Å². The van der Waals surface area contributed by atoms with Crippen LogP contribution in [0, 0.1) is 5.92 Å². The molecule has 142 valence electrons. The lowest BCUT2D eigenvalue weighted by Gasteiger charge is -2.32. The van der Waals surface area contributed by atoms with Gasteiger partial charge in [-0.15, -0.1) is 0 Å². The van der Waals surface area contributed by atoms with Crippen LogP contribution in [0.15, 0.2) is 43.0 Å². The van der Waals surface area contributed by atoms with Crippen molar-refractivity contribution >= 4 is 16.9 Å². The maximum absolute atomic E-state index is 12.7. The molecule has 4 rings (SSSR count). The largest absolute Gasteiger partial charge is 0.337 e. The summed E-state index contributed by atoms with van der Waals surface area (Å²) in [7, 11) is 0. The second-order valence-corrected chi connectivity index (χ2v) is 7.15. The van der Waals surface area contributed by atoms with Crippen molar-refractivity contribution in [1.82, 2.24) is 29.5 Å². The molecule has 3 aromatic rings. The molecular formula is C20H26N6O. The molecule has 27 heavy (non-hydrogen) atoms. The standard InChI is InChI=1S/C20H26N6O/c1-2-26-19-8-4-3-7-17(19)18(23-26)12-22-20(27)25-10-5-6-16(14-25)13-24-11-9-21-15-24/h3-4,7-9,11,15-16H,2,5-6,10,12-14H2,1H3,(H,22,27)/t16-/m1/s1. The molecule has 7 heteroatoms. The number of nitrogens with one attached hydrogen (secondary N) is 1. The first-order chi connectivity index (χ1) is 13.2. The number of rotatable bonds is 5. The van der Waals surface area contributed by atoms with E-state index in [2.05, 4.69) is 39.0 Å². The molecule has 2 aromatic heterocycles. The average molecular weight is 366 g/mol. The van der Waals surface area contributed by atoms with Crippen molar-refractivity contribution in [3.05, 3.63) is 48.7 Å². The van der Waals surface area contributed by atoms with Gasteiger partial charge in [0.15, 0.2) is 0 Å². The zero-order chi connectivity index (χ0) is 18.6. The van der Waals surface area contributed by atoms with Crippen LogP contribution in [0.1, 0.15) is 25.5 Å². The minimum Gasteiger partial charge on any atom is -0.337 e. The highest BCUT2D eigenvalue weighted by Gasteiger charge is 2.24. The normalized spacial score (nSPS) is 17.4. The molecule has 1 atom stereocenters. The number of aryl methyl sites for hydroxylation is 1. The van der Waals surface area contributed by atoms with Gasteiger partial charge in [0.1, 0.15) is 0 Å². The van der Waals surface area contributed by atoms with E-state index >= 15 is 0 Å². The number of imidazole rings is 1. The Balaban J connectivity index is 1.38. The first kappa shape index (κ1) is 17.6. The number of carbonyl (C=O) groups excluding carboxylic acids is 1. The fraction of sp³-hybridized carbons (Fsp3) is 0.450. The molecule has 1 aliphatic heterocycles. The maximum Gasteiger partial charge on any atom is 0.317 e. The number of fused-ring (bicyclic) bond motifs is 1. The van der Waals surface area contributed by atoms with E-state index in [1.165, 1.54) is 0 Å². The maximum atomic E-state index is 12.7. The van der Waals surface area contributed by atoms with E-state index in [1.807, 2.05) is 34.2 Å². The van der Waals surface area contributed by atoms with Crippen LogP contribution in [0.5, 0.6) is 0 Å². The molecule has 1 fully saturated rings. The van der Waals surface area contributed by atoms with E-state index < -0.39 is 0 Å². The number of carbonyl (C=O) groups is 1. The van der Waals surface area contributed by atoms with Crippen molar-refractivity contribution in [3.8, 4) is 0 Å². The van der Waals surface area contributed by atoms with Crippen LogP contribution in [-0.2, 0) is 19.6 Å². The molecule has 0 bridgehead atoms. The second-order valence-electron chi connectivity index (χ2n) is 7.15. The molecule has 2 amide bonds. The third-order valence-electron chi connectivity index (χ3n) is 5.28. The number of hydrogen-bond donors (Lipinski definition) is 1. The Hall–Kier alpha value is -2.83. The Labute approximate surface area is 159 Å². The highest BCUT2D eigenvalue weighted by molar-refractivity contribution is 5.82. The quantitative estimate of drug-likeness (QED) is 0.755. The van der Waals surface area contributed by atoms with Gasteiger partial charge < -0.3 is 14.8 Å². The van der Waals surface area contributed by atoms with Gasteiger partial charge in [0.05, 0.1) is 24.1 Å². The van der Waals surface area contributed by atoms with Gasteiger partial charge in [0.25, 0.3) is 0 Å². The number of hydrogen-bond acceptors (Lipinski definition) is 3. The Morgan fingerprint density at radius 3 is 3.04 bits per heavy atom. The number of para-hydroxylation sites is 1. The minimum atomic E-state index is 0.000427. The molecule has 1 aliphatic rings. The minimum absolute atomic E-state index is 0.000427. The van der Waals surface area contributed by atoms with E-state index in [4.69, 9.17) is 0 Å². The van der Waals surface area contributed by atoms with Gasteiger partial charge in [-0.1, -0.05) is 18.2 Å². The fourth-order valence-electron chi connectivity index (χ4n) is 3.93. The summed E-state index contributed by atoms with van der Waals surface area (Å²) in [6.07, 6.45) is 7.81. The summed E-state index contributed by atoms with van der Waals surface area (Å²) in [5.74, 6) is 0.471. The molecule has 3 heterocycles. The summed E-state index contributed by atoms with van der Waals surface area (Å²) in [6, 6.07) is 8.17. The predicted molar refractivity (Wildman–Crippen MR) is 104 cm³/mol. The molecule has 7 nitrogen and oxygen atoms in total. The van der Waals surface area contributed by atoms with Gasteiger partial charge in [0, 0.05) is 44.0 Å². The lowest BCUT2D eigenvalue weighted by Crippen LogP contribution is -2.46. The summed E-state index contributed by atoms with van der Waals surface area (Å²) in [4.78, 5) is 18.7. The molecule has 0 saturated carbocycles. The summed E-state index contributed by atoms with van der Waals surface area (Å²) >= 11 is 0. The number of aromatic nitrogens is 4. The van der Waals surface area contributed by atoms with Gasteiger partial charge in [0.2, 0.25) is 0 Å². The summed E-state index contributed by atoms with van der Waals surface area (Å²) in [5.41, 5.74) is 2.04. The average Bonchev–Trinajstić information content (AvgIpc) is 3.34. The Morgan fingerprint density at radius 2 is 2.22 bits per heavy atom. The first-order valence-electron chi connectivity index (χ1n) is 9.67. The fourth-order valence-corrected chi connectivity index (χ4v) is 3.93. The van der Waals surface area contributed by atoms with Crippen LogP contribution >= 0.6 is 0 Å². The van der Waals surface area contributed by atoms with Gasteiger partial charge in [-0.05, 0) is 31.7 Å². The monoisotopic (exact) mass is 366 g/mol. The number of benzene rings is 1. The molecule has 0 radical (unpaired) electrons. The zero-order valence-electron chi connectivity index (χ0n) is 15.7.